The van der Waals surface area contributed by atoms with E-state index in [2.05, 4.69) is 11.0 Å². The van der Waals surface area contributed by atoms with E-state index in [1.54, 1.807) is 32.4 Å². The highest BCUT2D eigenvalue weighted by Gasteiger charge is 2.23. The fourth-order valence-corrected chi connectivity index (χ4v) is 3.37. The molecule has 2 aromatic rings. The Labute approximate surface area is 190 Å². The van der Waals surface area contributed by atoms with Gasteiger partial charge in [-0.2, -0.15) is 0 Å². The van der Waals surface area contributed by atoms with E-state index in [1.165, 1.54) is 5.56 Å². The third-order valence-corrected chi connectivity index (χ3v) is 5.00. The molecule has 1 amide bonds. The highest BCUT2D eigenvalue weighted by Crippen LogP contribution is 2.28. The molecule has 0 aromatic heterocycles. The van der Waals surface area contributed by atoms with Crippen LogP contribution in [0.4, 0.5) is 0 Å². The molecule has 1 aliphatic rings. The van der Waals surface area contributed by atoms with Crippen molar-refractivity contribution in [2.24, 2.45) is 0 Å². The van der Waals surface area contributed by atoms with E-state index >= 15 is 0 Å². The van der Waals surface area contributed by atoms with Gasteiger partial charge >= 0.3 is 11.9 Å². The second-order valence-electron chi connectivity index (χ2n) is 6.88. The van der Waals surface area contributed by atoms with Gasteiger partial charge in [-0.3, -0.25) is 9.69 Å². The van der Waals surface area contributed by atoms with Crippen molar-refractivity contribution >= 4 is 29.4 Å². The van der Waals surface area contributed by atoms with Gasteiger partial charge in [-0.05, 0) is 35.9 Å². The summed E-state index contributed by atoms with van der Waals surface area (Å²) in [6, 6.07) is 13.2. The predicted molar refractivity (Wildman–Crippen MR) is 117 cm³/mol. The van der Waals surface area contributed by atoms with Gasteiger partial charge in [0.2, 0.25) is 0 Å². The Morgan fingerprint density at radius 1 is 0.906 bits per heavy atom. The Morgan fingerprint density at radius 3 is 2.06 bits per heavy atom. The Kier molecular flexibility index (Phi) is 9.30. The molecule has 172 valence electrons. The first-order valence-corrected chi connectivity index (χ1v) is 10.1. The van der Waals surface area contributed by atoms with Crippen molar-refractivity contribution in [2.45, 2.75) is 6.54 Å². The average Bonchev–Trinajstić information content (AvgIpc) is 2.79. The van der Waals surface area contributed by atoms with Crippen LogP contribution in [0, 0.1) is 0 Å². The van der Waals surface area contributed by atoms with E-state index in [0.29, 0.717) is 30.2 Å². The molecule has 32 heavy (non-hydrogen) atoms. The lowest BCUT2D eigenvalue weighted by Crippen LogP contribution is -2.48. The number of methoxy groups -OCH3 is 2. The summed E-state index contributed by atoms with van der Waals surface area (Å²) < 4.78 is 10.5. The van der Waals surface area contributed by atoms with E-state index < -0.39 is 11.9 Å². The molecular formula is C22H25ClN2O7. The summed E-state index contributed by atoms with van der Waals surface area (Å²) in [5.41, 5.74) is 1.81. The van der Waals surface area contributed by atoms with Crippen molar-refractivity contribution in [1.82, 2.24) is 9.80 Å². The van der Waals surface area contributed by atoms with Gasteiger partial charge in [0.05, 0.1) is 14.2 Å². The van der Waals surface area contributed by atoms with Crippen LogP contribution in [0.3, 0.4) is 0 Å². The number of nitrogens with zero attached hydrogens (tertiary/aromatic N) is 2. The first-order valence-electron chi connectivity index (χ1n) is 9.69. The van der Waals surface area contributed by atoms with E-state index in [-0.39, 0.29) is 5.91 Å². The molecule has 10 heteroatoms. The third kappa shape index (κ3) is 7.14. The van der Waals surface area contributed by atoms with Gasteiger partial charge in [0.15, 0.2) is 11.5 Å². The highest BCUT2D eigenvalue weighted by molar-refractivity contribution is 6.30. The van der Waals surface area contributed by atoms with Gasteiger partial charge in [-0.25, -0.2) is 9.59 Å². The second kappa shape index (κ2) is 11.9. The van der Waals surface area contributed by atoms with Gasteiger partial charge in [-0.15, -0.1) is 0 Å². The molecule has 1 saturated heterocycles. The Hall–Kier alpha value is -3.30. The number of hydrogen-bond acceptors (Lipinski definition) is 6. The summed E-state index contributed by atoms with van der Waals surface area (Å²) in [4.78, 5) is 35.2. The number of piperazine rings is 1. The molecule has 3 rings (SSSR count). The molecule has 0 bridgehead atoms. The van der Waals surface area contributed by atoms with Gasteiger partial charge in [0, 0.05) is 43.3 Å². The van der Waals surface area contributed by atoms with Crippen molar-refractivity contribution in [1.29, 1.82) is 0 Å². The lowest BCUT2D eigenvalue weighted by atomic mass is 10.1. The van der Waals surface area contributed by atoms with Gasteiger partial charge in [-0.1, -0.05) is 23.7 Å². The van der Waals surface area contributed by atoms with Crippen LogP contribution >= 0.6 is 11.6 Å². The maximum Gasteiger partial charge on any atom is 0.414 e. The number of carboxylic acids is 2. The van der Waals surface area contributed by atoms with Crippen LogP contribution in [-0.2, 0) is 16.1 Å². The van der Waals surface area contributed by atoms with E-state index in [4.69, 9.17) is 40.9 Å². The molecule has 0 aliphatic carbocycles. The number of carboxylic acid groups (broad SMARTS) is 2. The number of aliphatic carboxylic acids is 2. The fraction of sp³-hybridized carbons (Fsp3) is 0.318. The Balaban J connectivity index is 0.000000534. The minimum atomic E-state index is -1.82. The Bertz CT molecular complexity index is 947. The lowest BCUT2D eigenvalue weighted by Gasteiger charge is -2.35. The first kappa shape index (κ1) is 25.0. The second-order valence-corrected chi connectivity index (χ2v) is 7.31. The summed E-state index contributed by atoms with van der Waals surface area (Å²) in [5, 5.41) is 15.5. The fourth-order valence-electron chi connectivity index (χ4n) is 3.15. The summed E-state index contributed by atoms with van der Waals surface area (Å²) in [7, 11) is 3.15. The van der Waals surface area contributed by atoms with Crippen LogP contribution in [0.25, 0.3) is 0 Å². The lowest BCUT2D eigenvalue weighted by molar-refractivity contribution is -0.159. The summed E-state index contributed by atoms with van der Waals surface area (Å²) >= 11 is 6.05. The molecule has 0 saturated carbocycles. The molecule has 0 atom stereocenters. The van der Waals surface area contributed by atoms with Crippen LogP contribution in [0.1, 0.15) is 15.9 Å². The van der Waals surface area contributed by atoms with Crippen molar-refractivity contribution in [3.8, 4) is 11.5 Å². The van der Waals surface area contributed by atoms with Crippen LogP contribution in [-0.4, -0.2) is 78.3 Å². The van der Waals surface area contributed by atoms with Crippen molar-refractivity contribution < 1.29 is 34.1 Å². The molecule has 1 fully saturated rings. The number of rotatable bonds is 5. The number of carbonyl (C=O) groups excluding carboxylic acids is 1. The molecule has 9 nitrogen and oxygen atoms in total. The number of amides is 1. The normalized spacial score (nSPS) is 13.5. The summed E-state index contributed by atoms with van der Waals surface area (Å²) in [6.07, 6.45) is 0. The quantitative estimate of drug-likeness (QED) is 0.648. The SMILES string of the molecule is COc1ccc(C(=O)N2CCN(Cc3cccc(Cl)c3)CC2)cc1OC.O=C(O)C(=O)O. The highest BCUT2D eigenvalue weighted by atomic mass is 35.5. The van der Waals surface area contributed by atoms with Crippen LogP contribution < -0.4 is 9.47 Å². The molecule has 1 aliphatic heterocycles. The van der Waals surface area contributed by atoms with Gasteiger partial charge < -0.3 is 24.6 Å². The number of halogens is 1. The van der Waals surface area contributed by atoms with Crippen LogP contribution in [0.5, 0.6) is 11.5 Å². The molecule has 0 spiro atoms. The van der Waals surface area contributed by atoms with Crippen molar-refractivity contribution in [3.63, 3.8) is 0 Å². The zero-order chi connectivity index (χ0) is 23.7. The van der Waals surface area contributed by atoms with Crippen LogP contribution in [0.2, 0.25) is 5.02 Å². The Morgan fingerprint density at radius 2 is 1.53 bits per heavy atom. The summed E-state index contributed by atoms with van der Waals surface area (Å²) in [5.74, 6) is -2.44. The van der Waals surface area contributed by atoms with Crippen molar-refractivity contribution in [3.05, 3.63) is 58.6 Å². The predicted octanol–water partition coefficient (Wildman–Crippen LogP) is 2.47. The van der Waals surface area contributed by atoms with Gasteiger partial charge in [0.25, 0.3) is 5.91 Å². The van der Waals surface area contributed by atoms with Crippen molar-refractivity contribution in [2.75, 3.05) is 40.4 Å². The first-order chi connectivity index (χ1) is 15.2. The molecule has 1 heterocycles. The van der Waals surface area contributed by atoms with E-state index in [9.17, 15) is 4.79 Å². The molecule has 2 aromatic carbocycles. The van der Waals surface area contributed by atoms with Crippen LogP contribution in [0.15, 0.2) is 42.5 Å². The largest absolute Gasteiger partial charge is 0.493 e. The summed E-state index contributed by atoms with van der Waals surface area (Å²) in [6.45, 7) is 3.93. The molecule has 0 unspecified atom stereocenters. The molecule has 2 N–H and O–H groups in total. The van der Waals surface area contributed by atoms with E-state index in [1.807, 2.05) is 23.1 Å². The third-order valence-electron chi connectivity index (χ3n) is 4.77. The number of hydrogen-bond donors (Lipinski definition) is 2. The number of ether oxygens (including phenoxy) is 2. The zero-order valence-electron chi connectivity index (χ0n) is 17.8. The smallest absolute Gasteiger partial charge is 0.414 e. The number of carbonyl (C=O) groups is 3. The zero-order valence-corrected chi connectivity index (χ0v) is 18.5. The topological polar surface area (TPSA) is 117 Å². The minimum absolute atomic E-state index is 0.0216. The molecule has 0 radical (unpaired) electrons. The number of benzene rings is 2. The molecular weight excluding hydrogens is 440 g/mol. The van der Waals surface area contributed by atoms with E-state index in [0.717, 1.165) is 24.7 Å². The van der Waals surface area contributed by atoms with Gasteiger partial charge in [0.1, 0.15) is 0 Å². The minimum Gasteiger partial charge on any atom is -0.493 e. The average molecular weight is 465 g/mol. The maximum absolute atomic E-state index is 12.8. The monoisotopic (exact) mass is 464 g/mol. The maximum atomic E-state index is 12.8. The standard InChI is InChI=1S/C20H23ClN2O3.C2H2O4/c1-25-18-7-6-16(13-19(18)26-2)20(24)23-10-8-22(9-11-23)14-15-4-3-5-17(21)12-15;3-1(4)2(5)6/h3-7,12-13H,8-11,14H2,1-2H3;(H,3,4)(H,5,6).